The lowest BCUT2D eigenvalue weighted by atomic mass is 10.1. The van der Waals surface area contributed by atoms with Gasteiger partial charge in [0.2, 0.25) is 0 Å². The third-order valence-corrected chi connectivity index (χ3v) is 10.0. The van der Waals surface area contributed by atoms with Gasteiger partial charge in [-0.3, -0.25) is 18.6 Å². The van der Waals surface area contributed by atoms with E-state index < -0.39 is 58.4 Å². The van der Waals surface area contributed by atoms with Crippen LogP contribution >= 0.6 is 7.82 Å². The van der Waals surface area contributed by atoms with E-state index in [1.165, 1.54) is 57.8 Å². The summed E-state index contributed by atoms with van der Waals surface area (Å²) >= 11 is 0. The lowest BCUT2D eigenvalue weighted by Gasteiger charge is -2.20. The molecule has 0 bridgehead atoms. The molecule has 3 N–H and O–H groups in total. The van der Waals surface area contributed by atoms with E-state index in [2.05, 4.69) is 86.8 Å². The molecule has 0 aromatic heterocycles. The quantitative estimate of drug-likeness (QED) is 0.0235. The first-order chi connectivity index (χ1) is 28.8. The van der Waals surface area contributed by atoms with Crippen molar-refractivity contribution in [1.82, 2.24) is 0 Å². The van der Waals surface area contributed by atoms with E-state index in [0.29, 0.717) is 19.3 Å². The van der Waals surface area contributed by atoms with E-state index in [1.807, 2.05) is 12.2 Å². The normalized spacial score (nSPS) is 14.6. The van der Waals surface area contributed by atoms with Crippen molar-refractivity contribution in [2.24, 2.45) is 0 Å². The smallest absolute Gasteiger partial charge is 0.457 e. The van der Waals surface area contributed by atoms with E-state index >= 15 is 0 Å². The van der Waals surface area contributed by atoms with Gasteiger partial charge in [-0.2, -0.15) is 0 Å². The molecule has 0 aliphatic heterocycles. The first-order valence-corrected chi connectivity index (χ1v) is 24.0. The van der Waals surface area contributed by atoms with Gasteiger partial charge in [-0.25, -0.2) is 4.57 Å². The van der Waals surface area contributed by atoms with Gasteiger partial charge in [-0.1, -0.05) is 157 Å². The molecule has 10 nitrogen and oxygen atoms in total. The molecule has 0 aromatic rings. The fraction of sp³-hybridized carbons (Fsp3) is 0.667. The molecule has 3 atom stereocenters. The zero-order valence-electron chi connectivity index (χ0n) is 36.7. The lowest BCUT2D eigenvalue weighted by Crippen LogP contribution is -2.28. The molecular weight excluding hydrogens is 767 g/mol. The molecule has 0 amide bonds. The highest BCUT2D eigenvalue weighted by Gasteiger charge is 2.27. The largest absolute Gasteiger partial charge is 0.472 e. The molecule has 338 valence electrons. The molecule has 11 heteroatoms. The average Bonchev–Trinajstić information content (AvgIpc) is 3.22. The predicted molar refractivity (Wildman–Crippen MR) is 242 cm³/mol. The Balaban J connectivity index is 3.99. The minimum absolute atomic E-state index is 0.109. The highest BCUT2D eigenvalue weighted by molar-refractivity contribution is 7.47. The lowest BCUT2D eigenvalue weighted by molar-refractivity contribution is -0.153. The predicted octanol–water partition coefficient (Wildman–Crippen LogP) is 12.2. The van der Waals surface area contributed by atoms with E-state index in [1.54, 1.807) is 0 Å². The molecule has 3 unspecified atom stereocenters. The molecule has 0 heterocycles. The number of phosphoric acid groups is 1. The Morgan fingerprint density at radius 2 is 0.814 bits per heavy atom. The molecule has 0 saturated heterocycles. The Labute approximate surface area is 358 Å². The van der Waals surface area contributed by atoms with Gasteiger partial charge in [0.05, 0.1) is 26.4 Å². The molecule has 0 radical (unpaired) electrons. The van der Waals surface area contributed by atoms with E-state index in [0.717, 1.165) is 64.2 Å². The monoisotopic (exact) mass is 849 g/mol. The Kier molecular flexibility index (Phi) is 41.2. The number of esters is 2. The van der Waals surface area contributed by atoms with Gasteiger partial charge in [0.25, 0.3) is 0 Å². The van der Waals surface area contributed by atoms with Gasteiger partial charge in [0.1, 0.15) is 12.2 Å². The van der Waals surface area contributed by atoms with Crippen molar-refractivity contribution in [2.75, 3.05) is 26.4 Å². The minimum atomic E-state index is -4.66. The van der Waals surface area contributed by atoms with Crippen LogP contribution in [0.25, 0.3) is 0 Å². The van der Waals surface area contributed by atoms with Crippen LogP contribution < -0.4 is 0 Å². The zero-order valence-corrected chi connectivity index (χ0v) is 37.6. The van der Waals surface area contributed by atoms with Gasteiger partial charge >= 0.3 is 19.8 Å². The van der Waals surface area contributed by atoms with Crippen molar-refractivity contribution in [2.45, 2.75) is 180 Å². The summed E-state index contributed by atoms with van der Waals surface area (Å²) in [5.41, 5.74) is 0. The number of ether oxygens (including phenoxy) is 2. The summed E-state index contributed by atoms with van der Waals surface area (Å²) in [7, 11) is -4.66. The molecule has 0 spiro atoms. The fourth-order valence-electron chi connectivity index (χ4n) is 5.65. The molecule has 0 fully saturated rings. The number of allylic oxidation sites excluding steroid dienone is 14. The first kappa shape index (κ1) is 56.1. The Morgan fingerprint density at radius 1 is 0.475 bits per heavy atom. The summed E-state index contributed by atoms with van der Waals surface area (Å²) in [6, 6.07) is 0. The highest BCUT2D eigenvalue weighted by atomic mass is 31.2. The average molecular weight is 849 g/mol. The second-order valence-corrected chi connectivity index (χ2v) is 16.1. The maximum atomic E-state index is 12.4. The second kappa shape index (κ2) is 43.2. The van der Waals surface area contributed by atoms with Crippen molar-refractivity contribution in [3.8, 4) is 0 Å². The summed E-state index contributed by atoms with van der Waals surface area (Å²) in [5.74, 6) is -1.09. The molecule has 0 saturated carbocycles. The fourth-order valence-corrected chi connectivity index (χ4v) is 6.43. The third-order valence-electron chi connectivity index (χ3n) is 9.09. The maximum absolute atomic E-state index is 12.4. The topological polar surface area (TPSA) is 149 Å². The van der Waals surface area contributed by atoms with Crippen LogP contribution in [0.5, 0.6) is 0 Å². The van der Waals surface area contributed by atoms with Crippen LogP contribution in [-0.4, -0.2) is 65.7 Å². The molecule has 0 aliphatic carbocycles. The Morgan fingerprint density at radius 3 is 1.22 bits per heavy atom. The van der Waals surface area contributed by atoms with Crippen LogP contribution in [-0.2, 0) is 32.7 Å². The van der Waals surface area contributed by atoms with E-state index in [4.69, 9.17) is 18.5 Å². The molecule has 0 aromatic carbocycles. The van der Waals surface area contributed by atoms with Gasteiger partial charge in [0, 0.05) is 12.8 Å². The number of unbranched alkanes of at least 4 members (excludes halogenated alkanes) is 13. The maximum Gasteiger partial charge on any atom is 0.472 e. The SMILES string of the molecule is CC/C=C\C/C=C\C/C=C\C/C=C\C/C=C\CCCC(=O)OC(CO)COP(=O)(O)OCC(CO)OC(=O)CCCCCCCCCCC/C=C\C/C=C\CCCCC. The Hall–Kier alpha value is -2.85. The summed E-state index contributed by atoms with van der Waals surface area (Å²) in [6.07, 6.45) is 51.3. The van der Waals surface area contributed by atoms with Crippen molar-refractivity contribution in [3.05, 3.63) is 85.1 Å². The van der Waals surface area contributed by atoms with E-state index in [-0.39, 0.29) is 12.8 Å². The van der Waals surface area contributed by atoms with Crippen LogP contribution in [0, 0.1) is 0 Å². The number of hydrogen-bond donors (Lipinski definition) is 3. The summed E-state index contributed by atoms with van der Waals surface area (Å²) in [5, 5.41) is 19.2. The van der Waals surface area contributed by atoms with E-state index in [9.17, 15) is 29.3 Å². The zero-order chi connectivity index (χ0) is 43.3. The number of phosphoric ester groups is 1. The summed E-state index contributed by atoms with van der Waals surface area (Å²) < 4.78 is 32.5. The van der Waals surface area contributed by atoms with Crippen LogP contribution in [0.1, 0.15) is 168 Å². The number of aliphatic hydroxyl groups is 2. The first-order valence-electron chi connectivity index (χ1n) is 22.5. The number of carbonyl (C=O) groups is 2. The summed E-state index contributed by atoms with van der Waals surface area (Å²) in [6.45, 7) is 1.99. The standard InChI is InChI=1S/C48H81O10P/c1-3-5-7-9-11-13-15-17-19-21-22-24-26-28-30-32-34-36-38-40-48(52)58-46(42-50)44-56-59(53,54)55-43-45(41-49)57-47(51)39-37-35-33-31-29-27-25-23-20-18-16-14-12-10-8-6-4-2/h6,8,11-14,17-20,25,27,31,33,45-46,49-50H,3-5,7,9-10,15-16,21-24,26,28-30,32,34-44H2,1-2H3,(H,53,54)/b8-6-,13-11-,14-12-,19-17-,20-18-,27-25-,33-31-. The number of carbonyl (C=O) groups excluding carboxylic acids is 2. The highest BCUT2D eigenvalue weighted by Crippen LogP contribution is 2.43. The number of aliphatic hydroxyl groups excluding tert-OH is 2. The van der Waals surface area contributed by atoms with Crippen LogP contribution in [0.15, 0.2) is 85.1 Å². The van der Waals surface area contributed by atoms with Crippen molar-refractivity contribution in [1.29, 1.82) is 0 Å². The van der Waals surface area contributed by atoms with Gasteiger partial charge in [0.15, 0.2) is 0 Å². The van der Waals surface area contributed by atoms with Gasteiger partial charge < -0.3 is 24.6 Å². The number of hydrogen-bond acceptors (Lipinski definition) is 9. The number of rotatable bonds is 41. The minimum Gasteiger partial charge on any atom is -0.457 e. The van der Waals surface area contributed by atoms with Crippen LogP contribution in [0.4, 0.5) is 0 Å². The molecule has 0 rings (SSSR count). The van der Waals surface area contributed by atoms with Crippen molar-refractivity contribution in [3.63, 3.8) is 0 Å². The van der Waals surface area contributed by atoms with Crippen molar-refractivity contribution >= 4 is 19.8 Å². The van der Waals surface area contributed by atoms with Crippen LogP contribution in [0.2, 0.25) is 0 Å². The molecule has 0 aliphatic rings. The second-order valence-electron chi connectivity index (χ2n) is 14.6. The summed E-state index contributed by atoms with van der Waals surface area (Å²) in [4.78, 5) is 34.5. The van der Waals surface area contributed by atoms with Gasteiger partial charge in [-0.05, 0) is 83.5 Å². The van der Waals surface area contributed by atoms with Crippen molar-refractivity contribution < 1.29 is 47.8 Å². The van der Waals surface area contributed by atoms with Crippen LogP contribution in [0.3, 0.4) is 0 Å². The molecule has 59 heavy (non-hydrogen) atoms. The molecular formula is C48H81O10P. The van der Waals surface area contributed by atoms with Gasteiger partial charge in [-0.15, -0.1) is 0 Å². The third kappa shape index (κ3) is 41.7. The Bertz CT molecular complexity index is 1250.